The highest BCUT2D eigenvalue weighted by atomic mass is 32.2. The molecule has 1 amide bonds. The molecule has 0 unspecified atom stereocenters. The molecule has 0 radical (unpaired) electrons. The quantitative estimate of drug-likeness (QED) is 0.490. The molecule has 0 bridgehead atoms. The van der Waals surface area contributed by atoms with E-state index in [1.54, 1.807) is 4.57 Å². The van der Waals surface area contributed by atoms with Crippen LogP contribution in [0.25, 0.3) is 10.9 Å². The number of benzene rings is 2. The van der Waals surface area contributed by atoms with Gasteiger partial charge < -0.3 is 4.90 Å². The van der Waals surface area contributed by atoms with Gasteiger partial charge in [0.1, 0.15) is 0 Å². The summed E-state index contributed by atoms with van der Waals surface area (Å²) in [5, 5.41) is 1.19. The predicted molar refractivity (Wildman–Crippen MR) is 113 cm³/mol. The number of para-hydroxylation sites is 1. The number of carbonyl (C=O) groups is 1. The summed E-state index contributed by atoms with van der Waals surface area (Å²) >= 11 is 1.35. The molecular formula is C22H23N3O2S. The number of amides is 1. The van der Waals surface area contributed by atoms with Gasteiger partial charge in [0.05, 0.1) is 22.7 Å². The number of rotatable bonds is 5. The second-order valence-corrected chi connectivity index (χ2v) is 7.99. The number of fused-ring (bicyclic) bond motifs is 1. The Kier molecular flexibility index (Phi) is 5.48. The Labute approximate surface area is 168 Å². The first kappa shape index (κ1) is 18.7. The van der Waals surface area contributed by atoms with E-state index in [2.05, 4.69) is 0 Å². The first-order valence-electron chi connectivity index (χ1n) is 9.62. The van der Waals surface area contributed by atoms with Crippen LogP contribution in [-0.4, -0.2) is 39.2 Å². The molecule has 144 valence electrons. The normalized spacial score (nSPS) is 15.1. The van der Waals surface area contributed by atoms with Gasteiger partial charge in [-0.05, 0) is 37.5 Å². The van der Waals surface area contributed by atoms with Crippen LogP contribution in [0.15, 0.2) is 64.5 Å². The molecule has 5 nitrogen and oxygen atoms in total. The minimum Gasteiger partial charge on any atom is -0.342 e. The van der Waals surface area contributed by atoms with Crippen LogP contribution >= 0.6 is 11.8 Å². The molecule has 0 aliphatic carbocycles. The van der Waals surface area contributed by atoms with Gasteiger partial charge in [-0.25, -0.2) is 4.98 Å². The Morgan fingerprint density at radius 1 is 1.07 bits per heavy atom. The molecule has 3 aromatic rings. The van der Waals surface area contributed by atoms with Gasteiger partial charge in [-0.3, -0.25) is 14.2 Å². The number of likely N-dealkylation sites (tertiary alicyclic amines) is 1. The topological polar surface area (TPSA) is 55.2 Å². The number of hydrogen-bond donors (Lipinski definition) is 0. The fourth-order valence-corrected chi connectivity index (χ4v) is 4.61. The fourth-order valence-electron chi connectivity index (χ4n) is 3.63. The van der Waals surface area contributed by atoms with Crippen molar-refractivity contribution < 1.29 is 4.79 Å². The third kappa shape index (κ3) is 3.69. The lowest BCUT2D eigenvalue weighted by atomic mass is 10.1. The summed E-state index contributed by atoms with van der Waals surface area (Å²) in [6.07, 6.45) is 2.14. The Balaban J connectivity index is 1.73. The summed E-state index contributed by atoms with van der Waals surface area (Å²) in [6.45, 7) is 3.66. The molecule has 4 rings (SSSR count). The SMILES string of the molecule is C[C@@H](c1ccccc1)n1c(SCC(=O)N2CCCC2)nc2ccccc2c1=O. The lowest BCUT2D eigenvalue weighted by Crippen LogP contribution is -2.30. The highest BCUT2D eigenvalue weighted by Crippen LogP contribution is 2.25. The molecule has 1 aliphatic rings. The van der Waals surface area contributed by atoms with Crippen molar-refractivity contribution in [3.63, 3.8) is 0 Å². The highest BCUT2D eigenvalue weighted by Gasteiger charge is 2.21. The smallest absolute Gasteiger partial charge is 0.262 e. The fraction of sp³-hybridized carbons (Fsp3) is 0.318. The van der Waals surface area contributed by atoms with Crippen LogP contribution in [-0.2, 0) is 4.79 Å². The maximum atomic E-state index is 13.3. The van der Waals surface area contributed by atoms with Gasteiger partial charge in [-0.15, -0.1) is 0 Å². The molecule has 0 saturated carbocycles. The minimum absolute atomic E-state index is 0.0712. The van der Waals surface area contributed by atoms with Crippen LogP contribution in [0, 0.1) is 0 Å². The van der Waals surface area contributed by atoms with E-state index in [4.69, 9.17) is 4.98 Å². The van der Waals surface area contributed by atoms with E-state index in [9.17, 15) is 9.59 Å². The molecule has 1 aromatic heterocycles. The second kappa shape index (κ2) is 8.19. The predicted octanol–water partition coefficient (Wildman–Crippen LogP) is 3.72. The number of hydrogen-bond acceptors (Lipinski definition) is 4. The summed E-state index contributed by atoms with van der Waals surface area (Å²) in [6, 6.07) is 17.1. The number of nitrogens with zero attached hydrogens (tertiary/aromatic N) is 3. The zero-order valence-electron chi connectivity index (χ0n) is 15.9. The zero-order valence-corrected chi connectivity index (χ0v) is 16.7. The number of thioether (sulfide) groups is 1. The maximum absolute atomic E-state index is 13.3. The maximum Gasteiger partial charge on any atom is 0.262 e. The molecule has 1 aliphatic heterocycles. The van der Waals surface area contributed by atoms with Crippen molar-refractivity contribution >= 4 is 28.6 Å². The monoisotopic (exact) mass is 393 g/mol. The molecule has 28 heavy (non-hydrogen) atoms. The summed E-state index contributed by atoms with van der Waals surface area (Å²) in [5.74, 6) is 0.413. The lowest BCUT2D eigenvalue weighted by Gasteiger charge is -2.20. The van der Waals surface area contributed by atoms with Crippen molar-refractivity contribution in [3.05, 3.63) is 70.5 Å². The summed E-state index contributed by atoms with van der Waals surface area (Å²) in [5.41, 5.74) is 1.63. The Morgan fingerprint density at radius 3 is 2.50 bits per heavy atom. The van der Waals surface area contributed by atoms with Gasteiger partial charge in [0.25, 0.3) is 5.56 Å². The summed E-state index contributed by atoms with van der Waals surface area (Å²) in [7, 11) is 0. The Hall–Kier alpha value is -2.60. The average molecular weight is 394 g/mol. The van der Waals surface area contributed by atoms with Crippen molar-refractivity contribution in [2.45, 2.75) is 31.0 Å². The van der Waals surface area contributed by atoms with Crippen LogP contribution in [0.2, 0.25) is 0 Å². The Bertz CT molecular complexity index is 1040. The van der Waals surface area contributed by atoms with Gasteiger partial charge in [0.2, 0.25) is 5.91 Å². The molecule has 2 aromatic carbocycles. The third-order valence-corrected chi connectivity index (χ3v) is 6.17. The van der Waals surface area contributed by atoms with Crippen molar-refractivity contribution in [2.75, 3.05) is 18.8 Å². The van der Waals surface area contributed by atoms with Gasteiger partial charge in [-0.2, -0.15) is 0 Å². The first-order chi connectivity index (χ1) is 13.6. The van der Waals surface area contributed by atoms with Crippen molar-refractivity contribution in [1.29, 1.82) is 0 Å². The average Bonchev–Trinajstić information content (AvgIpc) is 3.27. The van der Waals surface area contributed by atoms with Gasteiger partial charge in [0.15, 0.2) is 5.16 Å². The largest absolute Gasteiger partial charge is 0.342 e. The Morgan fingerprint density at radius 2 is 1.75 bits per heavy atom. The standard InChI is InChI=1S/C22H23N3O2S/c1-16(17-9-3-2-4-10-17)25-21(27)18-11-5-6-12-19(18)23-22(25)28-15-20(26)24-13-7-8-14-24/h2-6,9-12,16H,7-8,13-15H2,1H3/t16-/m0/s1. The third-order valence-electron chi connectivity index (χ3n) is 5.23. The van der Waals surface area contributed by atoms with Crippen molar-refractivity contribution in [2.24, 2.45) is 0 Å². The minimum atomic E-state index is -0.171. The molecule has 1 atom stereocenters. The van der Waals surface area contributed by atoms with Crippen LogP contribution in [0.4, 0.5) is 0 Å². The van der Waals surface area contributed by atoms with E-state index >= 15 is 0 Å². The summed E-state index contributed by atoms with van der Waals surface area (Å²) < 4.78 is 1.72. The molecule has 2 heterocycles. The van der Waals surface area contributed by atoms with Gasteiger partial charge >= 0.3 is 0 Å². The van der Waals surface area contributed by atoms with Crippen LogP contribution in [0.3, 0.4) is 0 Å². The van der Waals surface area contributed by atoms with Crippen molar-refractivity contribution in [3.8, 4) is 0 Å². The van der Waals surface area contributed by atoms with Crippen LogP contribution < -0.4 is 5.56 Å². The van der Waals surface area contributed by atoms with E-state index in [1.165, 1.54) is 11.8 Å². The highest BCUT2D eigenvalue weighted by molar-refractivity contribution is 7.99. The number of carbonyl (C=O) groups excluding carboxylic acids is 1. The molecule has 1 fully saturated rings. The molecule has 6 heteroatoms. The van der Waals surface area contributed by atoms with E-state index in [0.29, 0.717) is 21.8 Å². The molecular weight excluding hydrogens is 370 g/mol. The summed E-state index contributed by atoms with van der Waals surface area (Å²) in [4.78, 5) is 32.4. The van der Waals surface area contributed by atoms with Crippen LogP contribution in [0.5, 0.6) is 0 Å². The molecule has 1 saturated heterocycles. The van der Waals surface area contributed by atoms with Crippen molar-refractivity contribution in [1.82, 2.24) is 14.5 Å². The zero-order chi connectivity index (χ0) is 19.5. The lowest BCUT2D eigenvalue weighted by molar-refractivity contribution is -0.127. The van der Waals surface area contributed by atoms with E-state index in [1.807, 2.05) is 66.4 Å². The van der Waals surface area contributed by atoms with Gasteiger partial charge in [0, 0.05) is 13.1 Å². The molecule has 0 spiro atoms. The second-order valence-electron chi connectivity index (χ2n) is 7.05. The number of aromatic nitrogens is 2. The van der Waals surface area contributed by atoms with Gasteiger partial charge in [-0.1, -0.05) is 54.2 Å². The van der Waals surface area contributed by atoms with Crippen LogP contribution in [0.1, 0.15) is 31.4 Å². The van der Waals surface area contributed by atoms with E-state index in [-0.39, 0.29) is 17.5 Å². The van der Waals surface area contributed by atoms with E-state index < -0.39 is 0 Å². The van der Waals surface area contributed by atoms with E-state index in [0.717, 1.165) is 31.5 Å². The molecule has 0 N–H and O–H groups in total. The first-order valence-corrected chi connectivity index (χ1v) is 10.6.